The molecule has 0 bridgehead atoms. The first-order chi connectivity index (χ1) is 5.39. The van der Waals surface area contributed by atoms with Crippen LogP contribution in [0, 0.1) is 0 Å². The van der Waals surface area contributed by atoms with Gasteiger partial charge in [-0.15, -0.1) is 0 Å². The van der Waals surface area contributed by atoms with Gasteiger partial charge in [-0.05, 0) is 18.2 Å². The molecule has 0 radical (unpaired) electrons. The van der Waals surface area contributed by atoms with Crippen molar-refractivity contribution in [3.8, 4) is 0 Å². The van der Waals surface area contributed by atoms with Crippen molar-refractivity contribution in [2.24, 2.45) is 0 Å². The summed E-state index contributed by atoms with van der Waals surface area (Å²) < 4.78 is 43.0. The standard InChI is InChI=1S/C7H4ClF3/c8-6-3-1-2-5(4-6)7(9,10)11/h1-4H/i1D. The predicted molar refractivity (Wildman–Crippen MR) is 36.5 cm³/mol. The van der Waals surface area contributed by atoms with Crippen molar-refractivity contribution in [3.63, 3.8) is 0 Å². The van der Waals surface area contributed by atoms with Gasteiger partial charge in [-0.2, -0.15) is 13.2 Å². The first kappa shape index (κ1) is 6.98. The van der Waals surface area contributed by atoms with E-state index in [-0.39, 0.29) is 11.1 Å². The Kier molecular flexibility index (Phi) is 1.74. The zero-order valence-corrected chi connectivity index (χ0v) is 6.00. The Morgan fingerprint density at radius 1 is 1.36 bits per heavy atom. The summed E-state index contributed by atoms with van der Waals surface area (Å²) in [5.41, 5.74) is -0.889. The van der Waals surface area contributed by atoms with E-state index in [0.717, 1.165) is 18.2 Å². The fourth-order valence-electron chi connectivity index (χ4n) is 0.607. The van der Waals surface area contributed by atoms with E-state index in [0.29, 0.717) is 0 Å². The number of hydrogen-bond acceptors (Lipinski definition) is 0. The second-order valence-corrected chi connectivity index (χ2v) is 2.37. The SMILES string of the molecule is [2H]c1cc(Cl)cc(C(F)(F)F)c1. The van der Waals surface area contributed by atoms with Crippen LogP contribution in [-0.4, -0.2) is 0 Å². The molecule has 0 amide bonds. The third-order valence-corrected chi connectivity index (χ3v) is 1.30. The van der Waals surface area contributed by atoms with Crippen molar-refractivity contribution in [1.29, 1.82) is 0 Å². The van der Waals surface area contributed by atoms with Crippen molar-refractivity contribution < 1.29 is 14.5 Å². The number of alkyl halides is 3. The fourth-order valence-corrected chi connectivity index (χ4v) is 0.787. The van der Waals surface area contributed by atoms with E-state index in [9.17, 15) is 13.2 Å². The summed E-state index contributed by atoms with van der Waals surface area (Å²) in [5.74, 6) is 0. The smallest absolute Gasteiger partial charge is 0.166 e. The van der Waals surface area contributed by atoms with Crippen molar-refractivity contribution in [2.75, 3.05) is 0 Å². The van der Waals surface area contributed by atoms with Gasteiger partial charge in [0.05, 0.1) is 6.93 Å². The van der Waals surface area contributed by atoms with Crippen LogP contribution in [0.4, 0.5) is 13.2 Å². The first-order valence-electron chi connectivity index (χ1n) is 3.24. The minimum absolute atomic E-state index is 0.0742. The Bertz CT molecular complexity index is 275. The zero-order chi connectivity index (χ0) is 9.35. The highest BCUT2D eigenvalue weighted by atomic mass is 35.5. The average molecular weight is 182 g/mol. The lowest BCUT2D eigenvalue weighted by Crippen LogP contribution is -2.03. The Balaban J connectivity index is 3.18. The quantitative estimate of drug-likeness (QED) is 0.576. The molecule has 1 rings (SSSR count). The summed E-state index contributed by atoms with van der Waals surface area (Å²) in [7, 11) is 0. The summed E-state index contributed by atoms with van der Waals surface area (Å²) in [6.45, 7) is 0. The lowest BCUT2D eigenvalue weighted by Gasteiger charge is -2.05. The molecule has 4 heteroatoms. The Hall–Kier alpha value is -0.700. The van der Waals surface area contributed by atoms with Gasteiger partial charge < -0.3 is 0 Å². The van der Waals surface area contributed by atoms with Gasteiger partial charge in [0, 0.05) is 5.02 Å². The van der Waals surface area contributed by atoms with Gasteiger partial charge >= 0.3 is 6.18 Å². The highest BCUT2D eigenvalue weighted by molar-refractivity contribution is 6.30. The zero-order valence-electron chi connectivity index (χ0n) is 6.24. The molecule has 1 aromatic rings. The molecule has 0 N–H and O–H groups in total. The van der Waals surface area contributed by atoms with E-state index < -0.39 is 11.7 Å². The van der Waals surface area contributed by atoms with Crippen LogP contribution < -0.4 is 0 Å². The molecule has 0 aromatic heterocycles. The molecular formula is C7H4ClF3. The van der Waals surface area contributed by atoms with Gasteiger partial charge in [-0.1, -0.05) is 17.6 Å². The minimum Gasteiger partial charge on any atom is -0.166 e. The van der Waals surface area contributed by atoms with Crippen LogP contribution in [0.15, 0.2) is 24.2 Å². The summed E-state index contributed by atoms with van der Waals surface area (Å²) in [6, 6.07) is 2.43. The largest absolute Gasteiger partial charge is 0.416 e. The van der Waals surface area contributed by atoms with E-state index in [1.54, 1.807) is 0 Å². The molecule has 11 heavy (non-hydrogen) atoms. The maximum Gasteiger partial charge on any atom is 0.416 e. The van der Waals surface area contributed by atoms with Crippen LogP contribution in [0.1, 0.15) is 6.93 Å². The molecule has 1 aromatic carbocycles. The highest BCUT2D eigenvalue weighted by Gasteiger charge is 2.30. The molecule has 0 aliphatic rings. The maximum absolute atomic E-state index is 12.0. The normalized spacial score (nSPS) is 12.9. The van der Waals surface area contributed by atoms with Crippen molar-refractivity contribution in [2.45, 2.75) is 6.18 Å². The summed E-state index contributed by atoms with van der Waals surface area (Å²) in [6.07, 6.45) is -4.43. The molecule has 0 nitrogen and oxygen atoms in total. The van der Waals surface area contributed by atoms with Crippen molar-refractivity contribution >= 4 is 11.6 Å². The van der Waals surface area contributed by atoms with Crippen LogP contribution >= 0.6 is 11.6 Å². The second kappa shape index (κ2) is 2.74. The van der Waals surface area contributed by atoms with Gasteiger partial charge in [0.2, 0.25) is 0 Å². The summed E-state index contributed by atoms with van der Waals surface area (Å²) >= 11 is 5.34. The molecule has 0 unspecified atom stereocenters. The van der Waals surface area contributed by atoms with Crippen LogP contribution in [0.3, 0.4) is 0 Å². The van der Waals surface area contributed by atoms with Gasteiger partial charge in [0.25, 0.3) is 0 Å². The first-order valence-corrected chi connectivity index (χ1v) is 3.12. The van der Waals surface area contributed by atoms with E-state index in [1.165, 1.54) is 0 Å². The van der Waals surface area contributed by atoms with Crippen LogP contribution in [0.2, 0.25) is 5.02 Å². The van der Waals surface area contributed by atoms with Crippen LogP contribution in [0.5, 0.6) is 0 Å². The van der Waals surface area contributed by atoms with Gasteiger partial charge in [-0.3, -0.25) is 0 Å². The molecule has 60 valence electrons. The lowest BCUT2D eigenvalue weighted by atomic mass is 10.2. The van der Waals surface area contributed by atoms with Gasteiger partial charge in [-0.25, -0.2) is 0 Å². The predicted octanol–water partition coefficient (Wildman–Crippen LogP) is 3.36. The van der Waals surface area contributed by atoms with Gasteiger partial charge in [0.1, 0.15) is 0 Å². The average Bonchev–Trinajstić information content (AvgIpc) is 1.82. The Morgan fingerprint density at radius 2 is 2.00 bits per heavy atom. The lowest BCUT2D eigenvalue weighted by molar-refractivity contribution is -0.137. The fraction of sp³-hybridized carbons (Fsp3) is 0.143. The van der Waals surface area contributed by atoms with Crippen molar-refractivity contribution in [1.82, 2.24) is 0 Å². The van der Waals surface area contributed by atoms with E-state index in [1.807, 2.05) is 0 Å². The van der Waals surface area contributed by atoms with Crippen LogP contribution in [-0.2, 0) is 6.18 Å². The topological polar surface area (TPSA) is 0 Å². The van der Waals surface area contributed by atoms with Crippen LogP contribution in [0.25, 0.3) is 0 Å². The van der Waals surface area contributed by atoms with E-state index in [2.05, 4.69) is 0 Å². The summed E-state index contributed by atoms with van der Waals surface area (Å²) in [5, 5.41) is -0.0742. The highest BCUT2D eigenvalue weighted by Crippen LogP contribution is 2.30. The third-order valence-electron chi connectivity index (χ3n) is 1.08. The number of hydrogen-bond donors (Lipinski definition) is 0. The molecule has 0 saturated heterocycles. The number of rotatable bonds is 0. The van der Waals surface area contributed by atoms with E-state index >= 15 is 0 Å². The minimum atomic E-state index is -4.43. The molecular weight excluding hydrogens is 177 g/mol. The molecule has 0 saturated carbocycles. The third kappa shape index (κ3) is 2.12. The monoisotopic (exact) mass is 181 g/mol. The molecule has 0 aliphatic heterocycles. The molecule has 0 fully saturated rings. The maximum atomic E-state index is 12.0. The van der Waals surface area contributed by atoms with E-state index in [4.69, 9.17) is 13.0 Å². The summed E-state index contributed by atoms with van der Waals surface area (Å²) in [4.78, 5) is 0. The molecule has 0 atom stereocenters. The number of benzene rings is 1. The second-order valence-electron chi connectivity index (χ2n) is 1.94. The Morgan fingerprint density at radius 3 is 2.45 bits per heavy atom. The Labute approximate surface area is 68.0 Å². The molecule has 0 spiro atoms. The number of halogens is 4. The van der Waals surface area contributed by atoms with Gasteiger partial charge in [0.15, 0.2) is 0 Å². The molecule has 0 heterocycles. The van der Waals surface area contributed by atoms with Crippen molar-refractivity contribution in [3.05, 3.63) is 34.8 Å². The molecule has 0 aliphatic carbocycles.